The number of pyridine rings is 1. The summed E-state index contributed by atoms with van der Waals surface area (Å²) in [5.74, 6) is 0.304. The lowest BCUT2D eigenvalue weighted by atomic mass is 10.4. The predicted molar refractivity (Wildman–Crippen MR) is 101 cm³/mol. The summed E-state index contributed by atoms with van der Waals surface area (Å²) in [6.07, 6.45) is 0.997. The van der Waals surface area contributed by atoms with Crippen LogP contribution >= 0.6 is 15.9 Å². The lowest BCUT2D eigenvalue weighted by Gasteiger charge is -2.33. The first-order chi connectivity index (χ1) is 12.4. The van der Waals surface area contributed by atoms with Crippen molar-refractivity contribution in [2.75, 3.05) is 60.2 Å². The second-order valence-corrected chi connectivity index (χ2v) is 8.74. The van der Waals surface area contributed by atoms with Gasteiger partial charge in [-0.25, -0.2) is 13.4 Å². The molecule has 0 saturated carbocycles. The largest absolute Gasteiger partial charge is 0.469 e. The molecule has 1 aromatic rings. The van der Waals surface area contributed by atoms with Crippen LogP contribution in [0.2, 0.25) is 0 Å². The average molecular weight is 452 g/mol. The van der Waals surface area contributed by atoms with Crippen LogP contribution in [0.25, 0.3) is 0 Å². The smallest absolute Gasteiger partial charge is 0.244 e. The van der Waals surface area contributed by atoms with Crippen LogP contribution in [0.4, 0.5) is 0 Å². The van der Waals surface area contributed by atoms with Crippen LogP contribution in [-0.4, -0.2) is 88.9 Å². The highest BCUT2D eigenvalue weighted by atomic mass is 79.9. The molecule has 2 heterocycles. The van der Waals surface area contributed by atoms with Gasteiger partial charge in [0.05, 0.1) is 23.9 Å². The minimum Gasteiger partial charge on any atom is -0.469 e. The summed E-state index contributed by atoms with van der Waals surface area (Å²) < 4.78 is 43.6. The lowest BCUT2D eigenvalue weighted by Crippen LogP contribution is -2.48. The van der Waals surface area contributed by atoms with E-state index in [1.807, 2.05) is 0 Å². The molecular formula is C16H26BrN3O5S. The maximum Gasteiger partial charge on any atom is 0.244 e. The highest BCUT2D eigenvalue weighted by molar-refractivity contribution is 9.10. The number of likely N-dealkylation sites (N-methyl/N-ethyl adjacent to an activating group) is 1. The van der Waals surface area contributed by atoms with Crippen molar-refractivity contribution < 1.29 is 22.6 Å². The Labute approximate surface area is 163 Å². The molecule has 148 valence electrons. The minimum absolute atomic E-state index is 0.150. The average Bonchev–Trinajstić information content (AvgIpc) is 2.63. The van der Waals surface area contributed by atoms with Crippen LogP contribution < -0.4 is 4.74 Å². The van der Waals surface area contributed by atoms with Gasteiger partial charge in [0.1, 0.15) is 11.0 Å². The number of ether oxygens (including phenoxy) is 3. The van der Waals surface area contributed by atoms with E-state index in [1.165, 1.54) is 16.6 Å². The number of sulfonamides is 1. The second kappa shape index (κ2) is 9.95. The molecule has 2 rings (SSSR count). The molecule has 1 aromatic heterocycles. The van der Waals surface area contributed by atoms with Gasteiger partial charge < -0.3 is 19.1 Å². The summed E-state index contributed by atoms with van der Waals surface area (Å²) in [6, 6.07) is 1.53. The Hall–Kier alpha value is -0.780. The minimum atomic E-state index is -3.57. The summed E-state index contributed by atoms with van der Waals surface area (Å²) in [7, 11) is -0.429. The van der Waals surface area contributed by atoms with Gasteiger partial charge in [-0.05, 0) is 28.5 Å². The molecule has 0 aliphatic carbocycles. The maximum absolute atomic E-state index is 12.8. The van der Waals surface area contributed by atoms with Crippen LogP contribution in [0.1, 0.15) is 6.92 Å². The van der Waals surface area contributed by atoms with Gasteiger partial charge in [0.25, 0.3) is 0 Å². The number of rotatable bonds is 9. The molecule has 0 spiro atoms. The first kappa shape index (κ1) is 21.5. The molecule has 8 nitrogen and oxygen atoms in total. The third-order valence-corrected chi connectivity index (χ3v) is 6.61. The Morgan fingerprint density at radius 1 is 1.19 bits per heavy atom. The molecule has 0 unspecified atom stereocenters. The van der Waals surface area contributed by atoms with Gasteiger partial charge >= 0.3 is 0 Å². The zero-order chi connectivity index (χ0) is 19.2. The fraction of sp³-hybridized carbons (Fsp3) is 0.688. The number of piperazine rings is 1. The van der Waals surface area contributed by atoms with Crippen molar-refractivity contribution in [2.24, 2.45) is 0 Å². The number of halogens is 1. The standard InChI is InChI=1S/C16H26BrN3O5S/c1-4-19-5-7-20(8-6-19)26(21,22)14-9-15(17)16(18-10-14)25-13(11-23-2)12-24-3/h9-10,13H,4-8,11-12H2,1-3H3. The molecule has 10 heteroatoms. The fourth-order valence-corrected chi connectivity index (χ4v) is 4.71. The van der Waals surface area contributed by atoms with Crippen LogP contribution in [0.5, 0.6) is 5.88 Å². The SMILES string of the molecule is CCN1CCN(S(=O)(=O)c2cnc(OC(COC)COC)c(Br)c2)CC1. The first-order valence-corrected chi connectivity index (χ1v) is 10.7. The van der Waals surface area contributed by atoms with E-state index in [4.69, 9.17) is 14.2 Å². The van der Waals surface area contributed by atoms with E-state index < -0.39 is 10.0 Å². The Morgan fingerprint density at radius 3 is 2.31 bits per heavy atom. The molecule has 0 aromatic carbocycles. The zero-order valence-corrected chi connectivity index (χ0v) is 17.8. The molecule has 1 aliphatic rings. The maximum atomic E-state index is 12.8. The Balaban J connectivity index is 2.12. The van der Waals surface area contributed by atoms with Gasteiger partial charge in [0, 0.05) is 40.4 Å². The number of hydrogen-bond acceptors (Lipinski definition) is 7. The van der Waals surface area contributed by atoms with Crippen LogP contribution in [0.3, 0.4) is 0 Å². The lowest BCUT2D eigenvalue weighted by molar-refractivity contribution is 0.0216. The van der Waals surface area contributed by atoms with Crippen molar-refractivity contribution in [3.05, 3.63) is 16.7 Å². The van der Waals surface area contributed by atoms with E-state index in [0.717, 1.165) is 19.6 Å². The quantitative estimate of drug-likeness (QED) is 0.557. The van der Waals surface area contributed by atoms with Crippen molar-refractivity contribution in [3.63, 3.8) is 0 Å². The van der Waals surface area contributed by atoms with Gasteiger partial charge in [0.2, 0.25) is 15.9 Å². The van der Waals surface area contributed by atoms with Crippen molar-refractivity contribution in [2.45, 2.75) is 17.9 Å². The van der Waals surface area contributed by atoms with E-state index in [-0.39, 0.29) is 11.0 Å². The Bertz CT molecular complexity index is 674. The molecular weight excluding hydrogens is 426 g/mol. The van der Waals surface area contributed by atoms with E-state index in [2.05, 4.69) is 32.7 Å². The van der Waals surface area contributed by atoms with Crippen molar-refractivity contribution in [1.29, 1.82) is 0 Å². The summed E-state index contributed by atoms with van der Waals surface area (Å²) in [5.41, 5.74) is 0. The summed E-state index contributed by atoms with van der Waals surface area (Å²) in [4.78, 5) is 6.55. The molecule has 26 heavy (non-hydrogen) atoms. The number of nitrogens with zero attached hydrogens (tertiary/aromatic N) is 3. The zero-order valence-electron chi connectivity index (χ0n) is 15.4. The van der Waals surface area contributed by atoms with Crippen molar-refractivity contribution in [1.82, 2.24) is 14.2 Å². The summed E-state index contributed by atoms with van der Waals surface area (Å²) >= 11 is 3.35. The third-order valence-electron chi connectivity index (χ3n) is 4.18. The van der Waals surface area contributed by atoms with Gasteiger partial charge in [-0.15, -0.1) is 0 Å². The normalized spacial score (nSPS) is 17.0. The van der Waals surface area contributed by atoms with Gasteiger partial charge in [0.15, 0.2) is 0 Å². The predicted octanol–water partition coefficient (Wildman–Crippen LogP) is 1.21. The Kier molecular flexibility index (Phi) is 8.24. The van der Waals surface area contributed by atoms with E-state index in [9.17, 15) is 8.42 Å². The first-order valence-electron chi connectivity index (χ1n) is 8.45. The molecule has 1 aliphatic heterocycles. The number of hydrogen-bond donors (Lipinski definition) is 0. The van der Waals surface area contributed by atoms with Gasteiger partial charge in [-0.1, -0.05) is 6.92 Å². The Morgan fingerprint density at radius 2 is 1.81 bits per heavy atom. The van der Waals surface area contributed by atoms with E-state index in [1.54, 1.807) is 14.2 Å². The van der Waals surface area contributed by atoms with Crippen molar-refractivity contribution >= 4 is 26.0 Å². The number of aromatic nitrogens is 1. The van der Waals surface area contributed by atoms with Crippen LogP contribution in [-0.2, 0) is 19.5 Å². The molecule has 0 amide bonds. The van der Waals surface area contributed by atoms with Crippen LogP contribution in [0.15, 0.2) is 21.6 Å². The topological polar surface area (TPSA) is 81.2 Å². The second-order valence-electron chi connectivity index (χ2n) is 5.95. The highest BCUT2D eigenvalue weighted by Crippen LogP contribution is 2.27. The van der Waals surface area contributed by atoms with E-state index in [0.29, 0.717) is 36.7 Å². The molecule has 0 N–H and O–H groups in total. The monoisotopic (exact) mass is 451 g/mol. The molecule has 0 atom stereocenters. The molecule has 1 fully saturated rings. The van der Waals surface area contributed by atoms with Crippen LogP contribution in [0, 0.1) is 0 Å². The highest BCUT2D eigenvalue weighted by Gasteiger charge is 2.29. The number of methoxy groups -OCH3 is 2. The van der Waals surface area contributed by atoms with E-state index >= 15 is 0 Å². The van der Waals surface area contributed by atoms with Gasteiger partial charge in [-0.3, -0.25) is 0 Å². The van der Waals surface area contributed by atoms with Gasteiger partial charge in [-0.2, -0.15) is 4.31 Å². The molecule has 1 saturated heterocycles. The summed E-state index contributed by atoms with van der Waals surface area (Å²) in [5, 5.41) is 0. The summed E-state index contributed by atoms with van der Waals surface area (Å²) in [6.45, 7) is 6.11. The fourth-order valence-electron chi connectivity index (χ4n) is 2.72. The molecule has 0 radical (unpaired) electrons. The van der Waals surface area contributed by atoms with Crippen molar-refractivity contribution in [3.8, 4) is 5.88 Å². The molecule has 0 bridgehead atoms. The third kappa shape index (κ3) is 5.37.